The van der Waals surface area contributed by atoms with Gasteiger partial charge in [0.25, 0.3) is 0 Å². The largest absolute Gasteiger partial charge is 0.396 e. The lowest BCUT2D eigenvalue weighted by molar-refractivity contribution is 0.0690. The number of urea groups is 2. The Bertz CT molecular complexity index is 1030. The van der Waals surface area contributed by atoms with E-state index in [4.69, 9.17) is 0 Å². The van der Waals surface area contributed by atoms with Crippen LogP contribution in [0.2, 0.25) is 0 Å². The van der Waals surface area contributed by atoms with E-state index in [1.165, 1.54) is 29.2 Å². The fourth-order valence-corrected chi connectivity index (χ4v) is 5.18. The van der Waals surface area contributed by atoms with Crippen molar-refractivity contribution in [3.05, 3.63) is 47.5 Å². The maximum Gasteiger partial charge on any atom is 0.318 e. The smallest absolute Gasteiger partial charge is 0.318 e. The van der Waals surface area contributed by atoms with Gasteiger partial charge < -0.3 is 25.5 Å². The molecule has 7 nitrogen and oxygen atoms in total. The van der Waals surface area contributed by atoms with Gasteiger partial charge in [0.15, 0.2) is 0 Å². The second kappa shape index (κ2) is 9.21. The topological polar surface area (TPSA) is 84.9 Å². The molecule has 0 bridgehead atoms. The summed E-state index contributed by atoms with van der Waals surface area (Å²) in [6.07, 6.45) is 5.27. The number of likely N-dealkylation sites (tertiary alicyclic amines) is 1. The fraction of sp³-hybridized carbons (Fsp3) is 0.538. The van der Waals surface area contributed by atoms with E-state index >= 15 is 0 Å². The Morgan fingerprint density at radius 2 is 1.82 bits per heavy atom. The Kier molecular flexibility index (Phi) is 6.15. The minimum Gasteiger partial charge on any atom is -0.396 e. The first-order valence-corrected chi connectivity index (χ1v) is 12.2. The summed E-state index contributed by atoms with van der Waals surface area (Å²) >= 11 is 0. The number of rotatable bonds is 6. The van der Waals surface area contributed by atoms with E-state index in [2.05, 4.69) is 47.0 Å². The van der Waals surface area contributed by atoms with Gasteiger partial charge in [0.1, 0.15) is 0 Å². The highest BCUT2D eigenvalue weighted by atomic mass is 16.3. The van der Waals surface area contributed by atoms with E-state index in [-0.39, 0.29) is 36.7 Å². The van der Waals surface area contributed by atoms with Gasteiger partial charge in [-0.25, -0.2) is 9.59 Å². The molecule has 3 N–H and O–H groups in total. The van der Waals surface area contributed by atoms with Crippen molar-refractivity contribution in [2.24, 2.45) is 5.92 Å². The SMILES string of the molecule is CNC(=O)N1CC(CO)CC(N(C(=O)NCc2ccc3ccc(C4CC4)cc3c2)C2CC2)C1. The van der Waals surface area contributed by atoms with Crippen LogP contribution in [-0.2, 0) is 6.54 Å². The number of carbonyl (C=O) groups excluding carboxylic acids is 2. The predicted octanol–water partition coefficient (Wildman–Crippen LogP) is 3.41. The van der Waals surface area contributed by atoms with Crippen molar-refractivity contribution in [3.63, 3.8) is 0 Å². The molecule has 2 unspecified atom stereocenters. The molecule has 1 aliphatic heterocycles. The molecule has 0 radical (unpaired) electrons. The summed E-state index contributed by atoms with van der Waals surface area (Å²) in [6.45, 7) is 1.51. The first kappa shape index (κ1) is 22.0. The number of aliphatic hydroxyl groups is 1. The minimum atomic E-state index is -0.156. The number of hydrogen-bond donors (Lipinski definition) is 3. The van der Waals surface area contributed by atoms with Crippen LogP contribution < -0.4 is 10.6 Å². The van der Waals surface area contributed by atoms with E-state index in [1.807, 2.05) is 4.90 Å². The van der Waals surface area contributed by atoms with Gasteiger partial charge in [-0.05, 0) is 66.0 Å². The summed E-state index contributed by atoms with van der Waals surface area (Å²) in [5, 5.41) is 18.0. The van der Waals surface area contributed by atoms with Crippen molar-refractivity contribution >= 4 is 22.8 Å². The van der Waals surface area contributed by atoms with Gasteiger partial charge in [-0.15, -0.1) is 0 Å². The van der Waals surface area contributed by atoms with Crippen LogP contribution >= 0.6 is 0 Å². The Morgan fingerprint density at radius 1 is 1.03 bits per heavy atom. The molecule has 33 heavy (non-hydrogen) atoms. The number of benzene rings is 2. The fourth-order valence-electron chi connectivity index (χ4n) is 5.18. The van der Waals surface area contributed by atoms with E-state index in [0.717, 1.165) is 24.3 Å². The molecule has 2 atom stereocenters. The Balaban J connectivity index is 1.27. The first-order chi connectivity index (χ1) is 16.1. The molecule has 3 fully saturated rings. The van der Waals surface area contributed by atoms with Crippen molar-refractivity contribution in [3.8, 4) is 0 Å². The number of carbonyl (C=O) groups is 2. The van der Waals surface area contributed by atoms with Crippen LogP contribution in [0.25, 0.3) is 10.8 Å². The number of fused-ring (bicyclic) bond motifs is 1. The zero-order valence-corrected chi connectivity index (χ0v) is 19.3. The summed E-state index contributed by atoms with van der Waals surface area (Å²) < 4.78 is 0. The van der Waals surface area contributed by atoms with Crippen molar-refractivity contribution < 1.29 is 14.7 Å². The molecule has 0 spiro atoms. The standard InChI is InChI=1S/C26H34N4O3/c1-27-25(32)29-14-18(16-31)11-24(15-29)30(23-8-9-23)26(33)28-13-17-2-3-20-6-7-21(19-4-5-19)12-22(20)10-17/h2-3,6-7,10,12,18-19,23-24,31H,4-5,8-9,11,13-16H2,1H3,(H,27,32)(H,28,33). The maximum absolute atomic E-state index is 13.3. The third kappa shape index (κ3) is 4.93. The Morgan fingerprint density at radius 3 is 2.52 bits per heavy atom. The zero-order valence-electron chi connectivity index (χ0n) is 19.3. The second-order valence-corrected chi connectivity index (χ2v) is 9.91. The number of nitrogens with zero attached hydrogens (tertiary/aromatic N) is 2. The highest BCUT2D eigenvalue weighted by Gasteiger charge is 2.41. The summed E-state index contributed by atoms with van der Waals surface area (Å²) in [7, 11) is 1.61. The third-order valence-electron chi connectivity index (χ3n) is 7.26. The number of nitrogens with one attached hydrogen (secondary N) is 2. The van der Waals surface area contributed by atoms with Gasteiger partial charge in [0.05, 0.1) is 6.04 Å². The van der Waals surface area contributed by atoms with Gasteiger partial charge in [-0.1, -0.05) is 30.3 Å². The molecule has 0 aromatic heterocycles. The highest BCUT2D eigenvalue weighted by Crippen LogP contribution is 2.41. The van der Waals surface area contributed by atoms with Crippen molar-refractivity contribution in [1.29, 1.82) is 0 Å². The monoisotopic (exact) mass is 450 g/mol. The molecular weight excluding hydrogens is 416 g/mol. The summed E-state index contributed by atoms with van der Waals surface area (Å²) in [6, 6.07) is 13.0. The van der Waals surface area contributed by atoms with Crippen LogP contribution in [0.15, 0.2) is 36.4 Å². The van der Waals surface area contributed by atoms with Crippen LogP contribution in [0.1, 0.15) is 49.1 Å². The lowest BCUT2D eigenvalue weighted by Crippen LogP contribution is -2.58. The average Bonchev–Trinajstić information content (AvgIpc) is 3.75. The number of piperidine rings is 1. The molecule has 2 aromatic carbocycles. The molecule has 2 aromatic rings. The lowest BCUT2D eigenvalue weighted by atomic mass is 9.94. The van der Waals surface area contributed by atoms with Crippen molar-refractivity contribution in [2.75, 3.05) is 26.7 Å². The Hall–Kier alpha value is -2.80. The molecule has 1 heterocycles. The lowest BCUT2D eigenvalue weighted by Gasteiger charge is -2.42. The van der Waals surface area contributed by atoms with Crippen LogP contribution in [0, 0.1) is 5.92 Å². The summed E-state index contributed by atoms with van der Waals surface area (Å²) in [4.78, 5) is 29.2. The zero-order chi connectivity index (χ0) is 22.9. The van der Waals surface area contributed by atoms with E-state index in [1.54, 1.807) is 11.9 Å². The molecule has 7 heteroatoms. The molecule has 2 aliphatic carbocycles. The van der Waals surface area contributed by atoms with E-state index in [0.29, 0.717) is 26.1 Å². The van der Waals surface area contributed by atoms with Crippen molar-refractivity contribution in [2.45, 2.75) is 56.7 Å². The van der Waals surface area contributed by atoms with Gasteiger partial charge in [0.2, 0.25) is 0 Å². The van der Waals surface area contributed by atoms with E-state index in [9.17, 15) is 14.7 Å². The quantitative estimate of drug-likeness (QED) is 0.631. The van der Waals surface area contributed by atoms with Gasteiger partial charge >= 0.3 is 12.1 Å². The minimum absolute atomic E-state index is 0.0174. The molecule has 3 aliphatic rings. The van der Waals surface area contributed by atoms with Gasteiger partial charge in [0, 0.05) is 45.2 Å². The number of aliphatic hydroxyl groups excluding tert-OH is 1. The Labute approximate surface area is 195 Å². The molecule has 4 amide bonds. The normalized spacial score (nSPS) is 22.8. The number of amides is 4. The second-order valence-electron chi connectivity index (χ2n) is 9.91. The molecule has 1 saturated heterocycles. The predicted molar refractivity (Wildman–Crippen MR) is 128 cm³/mol. The van der Waals surface area contributed by atoms with Crippen molar-refractivity contribution in [1.82, 2.24) is 20.4 Å². The highest BCUT2D eigenvalue weighted by molar-refractivity contribution is 5.84. The molecule has 5 rings (SSSR count). The van der Waals surface area contributed by atoms with Crippen LogP contribution in [0.3, 0.4) is 0 Å². The summed E-state index contributed by atoms with van der Waals surface area (Å²) in [5.74, 6) is 0.703. The molecule has 2 saturated carbocycles. The van der Waals surface area contributed by atoms with Crippen LogP contribution in [0.5, 0.6) is 0 Å². The van der Waals surface area contributed by atoms with Crippen LogP contribution in [-0.4, -0.2) is 65.8 Å². The van der Waals surface area contributed by atoms with Gasteiger partial charge in [-0.2, -0.15) is 0 Å². The van der Waals surface area contributed by atoms with Gasteiger partial charge in [-0.3, -0.25) is 0 Å². The number of hydrogen-bond acceptors (Lipinski definition) is 3. The molecular formula is C26H34N4O3. The maximum atomic E-state index is 13.3. The average molecular weight is 451 g/mol. The third-order valence-corrected chi connectivity index (χ3v) is 7.26. The van der Waals surface area contributed by atoms with Crippen LogP contribution in [0.4, 0.5) is 9.59 Å². The molecule has 176 valence electrons. The van der Waals surface area contributed by atoms with E-state index < -0.39 is 0 Å². The first-order valence-electron chi connectivity index (χ1n) is 12.2. The summed E-state index contributed by atoms with van der Waals surface area (Å²) in [5.41, 5.74) is 2.50.